The summed E-state index contributed by atoms with van der Waals surface area (Å²) < 4.78 is 0. The van der Waals surface area contributed by atoms with E-state index in [0.29, 0.717) is 12.8 Å². The number of hydrogen-bond acceptors (Lipinski definition) is 2. The number of hydrogen-bond donors (Lipinski definition) is 2. The predicted molar refractivity (Wildman–Crippen MR) is 87.9 cm³/mol. The largest absolute Gasteiger partial charge is 0.481 e. The van der Waals surface area contributed by atoms with Crippen molar-refractivity contribution in [3.05, 3.63) is 35.4 Å². The highest BCUT2D eigenvalue weighted by Crippen LogP contribution is 2.23. The van der Waals surface area contributed by atoms with Gasteiger partial charge >= 0.3 is 5.97 Å². The van der Waals surface area contributed by atoms with Crippen molar-refractivity contribution in [2.45, 2.75) is 52.4 Å². The molecule has 2 atom stereocenters. The summed E-state index contributed by atoms with van der Waals surface area (Å²) in [5.41, 5.74) is 2.36. The van der Waals surface area contributed by atoms with Crippen LogP contribution in [0, 0.1) is 12.8 Å². The van der Waals surface area contributed by atoms with Crippen molar-refractivity contribution in [3.63, 3.8) is 0 Å². The minimum absolute atomic E-state index is 0.0743. The summed E-state index contributed by atoms with van der Waals surface area (Å²) in [6, 6.07) is 8.23. The predicted octanol–water partition coefficient (Wildman–Crippen LogP) is 3.50. The number of carboxylic acid groups (broad SMARTS) is 1. The lowest BCUT2D eigenvalue weighted by atomic mass is 9.92. The van der Waals surface area contributed by atoms with Gasteiger partial charge in [-0.2, -0.15) is 0 Å². The molecule has 0 aromatic heterocycles. The highest BCUT2D eigenvalue weighted by atomic mass is 16.4. The Kier molecular flexibility index (Phi) is 7.64. The Morgan fingerprint density at radius 2 is 1.82 bits per heavy atom. The molecule has 0 bridgehead atoms. The summed E-state index contributed by atoms with van der Waals surface area (Å²) in [6.07, 6.45) is 2.67. The van der Waals surface area contributed by atoms with Crippen LogP contribution in [0.1, 0.15) is 56.6 Å². The molecular formula is C18H27NO3. The third-order valence-corrected chi connectivity index (χ3v) is 4.01. The molecule has 4 nitrogen and oxygen atoms in total. The molecule has 122 valence electrons. The summed E-state index contributed by atoms with van der Waals surface area (Å²) in [5.74, 6) is -1.23. The molecule has 1 aromatic rings. The van der Waals surface area contributed by atoms with Gasteiger partial charge in [0.05, 0.1) is 5.92 Å². The van der Waals surface area contributed by atoms with Crippen LogP contribution >= 0.6 is 0 Å². The molecule has 0 saturated heterocycles. The van der Waals surface area contributed by atoms with Crippen LogP contribution in [0.2, 0.25) is 0 Å². The average molecular weight is 305 g/mol. The van der Waals surface area contributed by atoms with Gasteiger partial charge in [-0.25, -0.2) is 0 Å². The van der Waals surface area contributed by atoms with Gasteiger partial charge in [0.2, 0.25) is 5.91 Å². The van der Waals surface area contributed by atoms with Gasteiger partial charge in [0, 0.05) is 13.0 Å². The molecule has 0 aliphatic rings. The summed E-state index contributed by atoms with van der Waals surface area (Å²) in [6.45, 7) is 6.26. The quantitative estimate of drug-likeness (QED) is 0.734. The number of carboxylic acids is 1. The van der Waals surface area contributed by atoms with Crippen molar-refractivity contribution >= 4 is 11.9 Å². The molecule has 2 unspecified atom stereocenters. The third-order valence-electron chi connectivity index (χ3n) is 4.01. The second-order valence-corrected chi connectivity index (χ2v) is 5.85. The Morgan fingerprint density at radius 3 is 2.32 bits per heavy atom. The van der Waals surface area contributed by atoms with Crippen molar-refractivity contribution in [1.82, 2.24) is 5.32 Å². The summed E-state index contributed by atoms with van der Waals surface area (Å²) in [7, 11) is 0. The Labute approximate surface area is 132 Å². The van der Waals surface area contributed by atoms with Gasteiger partial charge in [0.25, 0.3) is 0 Å². The van der Waals surface area contributed by atoms with E-state index in [9.17, 15) is 9.59 Å². The number of amides is 1. The molecule has 2 N–H and O–H groups in total. The standard InChI is InChI=1S/C18H27NO3/c1-4-6-16(18(21)22)12-19-17(20)11-14(5-2)15-9-7-13(3)8-10-15/h7-10,14,16H,4-6,11-12H2,1-3H3,(H,19,20)(H,21,22). The molecule has 0 fully saturated rings. The van der Waals surface area contributed by atoms with Crippen LogP contribution < -0.4 is 5.32 Å². The van der Waals surface area contributed by atoms with Crippen LogP contribution in [-0.2, 0) is 9.59 Å². The number of carbonyl (C=O) groups excluding carboxylic acids is 1. The van der Waals surface area contributed by atoms with E-state index in [1.54, 1.807) is 0 Å². The fraction of sp³-hybridized carbons (Fsp3) is 0.556. The zero-order chi connectivity index (χ0) is 16.5. The van der Waals surface area contributed by atoms with Gasteiger partial charge in [-0.1, -0.05) is 50.1 Å². The van der Waals surface area contributed by atoms with Gasteiger partial charge in [0.15, 0.2) is 0 Å². The van der Waals surface area contributed by atoms with Crippen molar-refractivity contribution in [2.75, 3.05) is 6.54 Å². The zero-order valence-electron chi connectivity index (χ0n) is 13.8. The minimum atomic E-state index is -0.840. The van der Waals surface area contributed by atoms with E-state index in [2.05, 4.69) is 36.5 Å². The van der Waals surface area contributed by atoms with Crippen LogP contribution in [-0.4, -0.2) is 23.5 Å². The second-order valence-electron chi connectivity index (χ2n) is 5.85. The fourth-order valence-electron chi connectivity index (χ4n) is 2.53. The van der Waals surface area contributed by atoms with E-state index >= 15 is 0 Å². The normalized spacial score (nSPS) is 13.4. The Balaban J connectivity index is 2.54. The number of aliphatic carboxylic acids is 1. The number of carbonyl (C=O) groups is 2. The molecular weight excluding hydrogens is 278 g/mol. The highest BCUT2D eigenvalue weighted by Gasteiger charge is 2.19. The molecule has 1 aromatic carbocycles. The van der Waals surface area contributed by atoms with Crippen LogP contribution in [0.15, 0.2) is 24.3 Å². The summed E-state index contributed by atoms with van der Waals surface area (Å²) in [5, 5.41) is 11.9. The lowest BCUT2D eigenvalue weighted by Gasteiger charge is -2.17. The lowest BCUT2D eigenvalue weighted by molar-refractivity contribution is -0.141. The maximum atomic E-state index is 12.1. The SMILES string of the molecule is CCCC(CNC(=O)CC(CC)c1ccc(C)cc1)C(=O)O. The van der Waals surface area contributed by atoms with Crippen LogP contribution in [0.5, 0.6) is 0 Å². The van der Waals surface area contributed by atoms with Crippen LogP contribution in [0.4, 0.5) is 0 Å². The molecule has 22 heavy (non-hydrogen) atoms. The van der Waals surface area contributed by atoms with Crippen LogP contribution in [0.25, 0.3) is 0 Å². The highest BCUT2D eigenvalue weighted by molar-refractivity contribution is 5.78. The van der Waals surface area contributed by atoms with Crippen molar-refractivity contribution in [1.29, 1.82) is 0 Å². The number of nitrogens with one attached hydrogen (secondary N) is 1. The van der Waals surface area contributed by atoms with E-state index in [4.69, 9.17) is 5.11 Å². The zero-order valence-corrected chi connectivity index (χ0v) is 13.8. The van der Waals surface area contributed by atoms with Gasteiger partial charge in [-0.3, -0.25) is 9.59 Å². The molecule has 0 aliphatic heterocycles. The molecule has 0 radical (unpaired) electrons. The van der Waals surface area contributed by atoms with Crippen LogP contribution in [0.3, 0.4) is 0 Å². The molecule has 1 rings (SSSR count). The first kappa shape index (κ1) is 18.2. The van der Waals surface area contributed by atoms with E-state index in [-0.39, 0.29) is 18.4 Å². The Bertz CT molecular complexity index is 482. The maximum Gasteiger partial charge on any atom is 0.308 e. The van der Waals surface area contributed by atoms with E-state index < -0.39 is 11.9 Å². The minimum Gasteiger partial charge on any atom is -0.481 e. The van der Waals surface area contributed by atoms with Crippen molar-refractivity contribution in [2.24, 2.45) is 5.92 Å². The Hall–Kier alpha value is -1.84. The second kappa shape index (κ2) is 9.23. The topological polar surface area (TPSA) is 66.4 Å². The fourth-order valence-corrected chi connectivity index (χ4v) is 2.53. The lowest BCUT2D eigenvalue weighted by Crippen LogP contribution is -2.33. The van der Waals surface area contributed by atoms with E-state index in [1.165, 1.54) is 5.56 Å². The first-order valence-corrected chi connectivity index (χ1v) is 8.03. The third kappa shape index (κ3) is 5.88. The van der Waals surface area contributed by atoms with E-state index in [0.717, 1.165) is 18.4 Å². The number of benzene rings is 1. The molecule has 1 amide bonds. The molecule has 0 spiro atoms. The number of aryl methyl sites for hydroxylation is 1. The molecule has 4 heteroatoms. The first-order valence-electron chi connectivity index (χ1n) is 8.03. The Morgan fingerprint density at radius 1 is 1.18 bits per heavy atom. The number of rotatable bonds is 9. The van der Waals surface area contributed by atoms with Gasteiger partial charge < -0.3 is 10.4 Å². The van der Waals surface area contributed by atoms with Gasteiger partial charge in [0.1, 0.15) is 0 Å². The average Bonchev–Trinajstić information content (AvgIpc) is 2.49. The molecule has 0 saturated carbocycles. The van der Waals surface area contributed by atoms with E-state index in [1.807, 2.05) is 13.8 Å². The monoisotopic (exact) mass is 305 g/mol. The smallest absolute Gasteiger partial charge is 0.308 e. The maximum absolute atomic E-state index is 12.1. The van der Waals surface area contributed by atoms with Gasteiger partial charge in [-0.15, -0.1) is 0 Å². The molecule has 0 heterocycles. The van der Waals surface area contributed by atoms with Gasteiger partial charge in [-0.05, 0) is 31.2 Å². The summed E-state index contributed by atoms with van der Waals surface area (Å²) in [4.78, 5) is 23.2. The van der Waals surface area contributed by atoms with Crippen molar-refractivity contribution in [3.8, 4) is 0 Å². The molecule has 0 aliphatic carbocycles. The van der Waals surface area contributed by atoms with Crippen molar-refractivity contribution < 1.29 is 14.7 Å². The summed E-state index contributed by atoms with van der Waals surface area (Å²) >= 11 is 0. The first-order chi connectivity index (χ1) is 10.5.